The van der Waals surface area contributed by atoms with Gasteiger partial charge >= 0.3 is 0 Å². The van der Waals surface area contributed by atoms with Crippen molar-refractivity contribution in [2.75, 3.05) is 0 Å². The first-order valence-electron chi connectivity index (χ1n) is 2.40. The highest BCUT2D eigenvalue weighted by Crippen LogP contribution is 1.89. The maximum absolute atomic E-state index is 10.1. The summed E-state index contributed by atoms with van der Waals surface area (Å²) in [5.41, 5.74) is 0. The van der Waals surface area contributed by atoms with Gasteiger partial charge in [-0.05, 0) is 0 Å². The Labute approximate surface area is 44.7 Å². The molecule has 1 heteroatoms. The molecule has 0 aromatic heterocycles. The summed E-state index contributed by atoms with van der Waals surface area (Å²) in [6.07, 6.45) is 3.28. The molecule has 0 fully saturated rings. The average Bonchev–Trinajstić information content (AvgIpc) is 1.61. The largest absolute Gasteiger partial charge is 0.876 e. The third-order valence-electron chi connectivity index (χ3n) is 0.636. The summed E-state index contributed by atoms with van der Waals surface area (Å²) < 4.78 is 0. The predicted molar refractivity (Wildman–Crippen MR) is 28.3 cm³/mol. The van der Waals surface area contributed by atoms with E-state index in [1.807, 2.05) is 0 Å². The molecule has 0 aromatic carbocycles. The van der Waals surface area contributed by atoms with Crippen LogP contribution in [0.5, 0.6) is 0 Å². The number of hydrogen-bond acceptors (Lipinski definition) is 1. The van der Waals surface area contributed by atoms with Crippen LogP contribution in [0.2, 0.25) is 0 Å². The van der Waals surface area contributed by atoms with E-state index >= 15 is 0 Å². The quantitative estimate of drug-likeness (QED) is 0.371. The Kier molecular flexibility index (Phi) is 3.29. The summed E-state index contributed by atoms with van der Waals surface area (Å²) in [7, 11) is 0. The standard InChI is InChI=1S/C6H10O/c1-3-4-5-6(2)7/h5H,1,3-4H2,2H3/b6-5+. The maximum Gasteiger partial charge on any atom is 0.0884 e. The van der Waals surface area contributed by atoms with Crippen molar-refractivity contribution in [2.24, 2.45) is 0 Å². The fourth-order valence-corrected chi connectivity index (χ4v) is 0.305. The van der Waals surface area contributed by atoms with Crippen LogP contribution in [0.15, 0.2) is 11.8 Å². The zero-order chi connectivity index (χ0) is 5.70. The monoisotopic (exact) mass is 98.1 g/mol. The smallest absolute Gasteiger partial charge is 0.0884 e. The Morgan fingerprint density at radius 2 is 2.43 bits per heavy atom. The van der Waals surface area contributed by atoms with Crippen LogP contribution in [0.4, 0.5) is 0 Å². The van der Waals surface area contributed by atoms with E-state index in [4.69, 9.17) is 0 Å². The molecule has 0 unspecified atom stereocenters. The molecule has 1 nitrogen and oxygen atoms in total. The van der Waals surface area contributed by atoms with E-state index in [1.54, 1.807) is 13.0 Å². The molecule has 0 bridgehead atoms. The van der Waals surface area contributed by atoms with Crippen LogP contribution in [0, 0.1) is 6.92 Å². The molecule has 7 heavy (non-hydrogen) atoms. The molecular weight excluding hydrogens is 88.1 g/mol. The normalized spacial score (nSPS) is 11.9. The summed E-state index contributed by atoms with van der Waals surface area (Å²) in [5.74, 6) is 0.142. The van der Waals surface area contributed by atoms with Crippen LogP contribution in [0.25, 0.3) is 0 Å². The Morgan fingerprint density at radius 1 is 1.86 bits per heavy atom. The van der Waals surface area contributed by atoms with Crippen molar-refractivity contribution in [3.63, 3.8) is 0 Å². The number of unbranched alkanes of at least 4 members (excludes halogenated alkanes) is 1. The fourth-order valence-electron chi connectivity index (χ4n) is 0.305. The lowest BCUT2D eigenvalue weighted by atomic mass is 10.3. The maximum atomic E-state index is 10.1. The molecule has 0 heterocycles. The molecule has 0 aliphatic heterocycles. The van der Waals surface area contributed by atoms with Crippen molar-refractivity contribution in [2.45, 2.75) is 19.8 Å². The molecule has 0 N–H and O–H groups in total. The molecule has 40 valence electrons. The topological polar surface area (TPSA) is 23.1 Å². The lowest BCUT2D eigenvalue weighted by molar-refractivity contribution is -0.302. The third kappa shape index (κ3) is 5.41. The lowest BCUT2D eigenvalue weighted by Crippen LogP contribution is -1.96. The van der Waals surface area contributed by atoms with Crippen molar-refractivity contribution in [3.8, 4) is 0 Å². The van der Waals surface area contributed by atoms with Crippen LogP contribution >= 0.6 is 0 Å². The molecule has 0 amide bonds. The summed E-state index contributed by atoms with van der Waals surface area (Å²) in [4.78, 5) is 0. The molecule has 0 aromatic rings. The van der Waals surface area contributed by atoms with E-state index in [2.05, 4.69) is 6.92 Å². The Balaban J connectivity index is 3.08. The van der Waals surface area contributed by atoms with Gasteiger partial charge in [0.05, 0.1) is 13.3 Å². The molecule has 0 atom stereocenters. The van der Waals surface area contributed by atoms with Crippen molar-refractivity contribution in [1.29, 1.82) is 0 Å². The van der Waals surface area contributed by atoms with Crippen LogP contribution in [-0.2, 0) is 0 Å². The summed E-state index contributed by atoms with van der Waals surface area (Å²) in [6.45, 7) is 5.13. The zero-order valence-electron chi connectivity index (χ0n) is 4.61. The van der Waals surface area contributed by atoms with Crippen molar-refractivity contribution in [3.05, 3.63) is 18.8 Å². The number of hydrogen-bond donors (Lipinski definition) is 0. The van der Waals surface area contributed by atoms with Gasteiger partial charge in [-0.2, -0.15) is 0 Å². The minimum Gasteiger partial charge on any atom is -0.876 e. The SMILES string of the molecule is [CH2+]CC/C=C(\C)[O-]. The fraction of sp³-hybridized carbons (Fsp3) is 0.500. The second-order valence-electron chi connectivity index (χ2n) is 1.46. The molecule has 0 rings (SSSR count). The van der Waals surface area contributed by atoms with E-state index < -0.39 is 0 Å². The van der Waals surface area contributed by atoms with Gasteiger partial charge in [0.15, 0.2) is 0 Å². The Bertz CT molecular complexity index is 60.6. The Morgan fingerprint density at radius 3 is 2.57 bits per heavy atom. The van der Waals surface area contributed by atoms with E-state index in [0.29, 0.717) is 0 Å². The molecule has 0 aliphatic carbocycles. The highest BCUT2D eigenvalue weighted by molar-refractivity contribution is 4.83. The molecular formula is C6H10O. The number of rotatable bonds is 2. The van der Waals surface area contributed by atoms with E-state index in [9.17, 15) is 5.11 Å². The van der Waals surface area contributed by atoms with Gasteiger partial charge in [-0.15, -0.1) is 5.76 Å². The van der Waals surface area contributed by atoms with Gasteiger partial charge in [0.1, 0.15) is 0 Å². The van der Waals surface area contributed by atoms with Crippen LogP contribution in [-0.4, -0.2) is 0 Å². The zero-order valence-corrected chi connectivity index (χ0v) is 4.61. The first-order chi connectivity index (χ1) is 3.27. The first-order valence-corrected chi connectivity index (χ1v) is 2.40. The second-order valence-corrected chi connectivity index (χ2v) is 1.46. The highest BCUT2D eigenvalue weighted by atomic mass is 16.3. The van der Waals surface area contributed by atoms with Gasteiger partial charge in [0.2, 0.25) is 0 Å². The predicted octanol–water partition coefficient (Wildman–Crippen LogP) is 0.865. The average molecular weight is 98.1 g/mol. The van der Waals surface area contributed by atoms with Gasteiger partial charge in [-0.1, -0.05) is 13.0 Å². The summed E-state index contributed by atoms with van der Waals surface area (Å²) in [6, 6.07) is 0. The molecule has 0 saturated carbocycles. The summed E-state index contributed by atoms with van der Waals surface area (Å²) >= 11 is 0. The van der Waals surface area contributed by atoms with Gasteiger partial charge < -0.3 is 5.11 Å². The van der Waals surface area contributed by atoms with Gasteiger partial charge in [-0.3, -0.25) is 0 Å². The second kappa shape index (κ2) is 3.59. The lowest BCUT2D eigenvalue weighted by Gasteiger charge is -1.99. The molecule has 0 radical (unpaired) electrons. The molecule has 0 aliphatic rings. The minimum atomic E-state index is 0.142. The summed E-state index contributed by atoms with van der Waals surface area (Å²) in [5, 5.41) is 10.1. The third-order valence-corrected chi connectivity index (χ3v) is 0.636. The van der Waals surface area contributed by atoms with Gasteiger partial charge in [-0.25, -0.2) is 0 Å². The van der Waals surface area contributed by atoms with Crippen molar-refractivity contribution in [1.82, 2.24) is 0 Å². The van der Waals surface area contributed by atoms with Crippen LogP contribution in [0.1, 0.15) is 19.8 Å². The van der Waals surface area contributed by atoms with Gasteiger partial charge in [0.25, 0.3) is 0 Å². The minimum absolute atomic E-state index is 0.142. The highest BCUT2D eigenvalue weighted by Gasteiger charge is 1.74. The van der Waals surface area contributed by atoms with Crippen molar-refractivity contribution < 1.29 is 5.11 Å². The first kappa shape index (κ1) is 6.41. The number of allylic oxidation sites excluding steroid dienone is 2. The van der Waals surface area contributed by atoms with Crippen LogP contribution in [0.3, 0.4) is 0 Å². The van der Waals surface area contributed by atoms with Gasteiger partial charge in [0, 0.05) is 6.42 Å². The Hall–Kier alpha value is -0.590. The molecule has 0 saturated heterocycles. The van der Waals surface area contributed by atoms with E-state index in [-0.39, 0.29) is 5.76 Å². The van der Waals surface area contributed by atoms with Crippen molar-refractivity contribution >= 4 is 0 Å². The van der Waals surface area contributed by atoms with Crippen LogP contribution < -0.4 is 5.11 Å². The molecule has 0 spiro atoms. The van der Waals surface area contributed by atoms with E-state index in [1.165, 1.54) is 0 Å². The van der Waals surface area contributed by atoms with E-state index in [0.717, 1.165) is 12.8 Å².